The fraction of sp³-hybridized carbons (Fsp3) is 0.625. The summed E-state index contributed by atoms with van der Waals surface area (Å²) in [6.07, 6.45) is 1.14. The highest BCUT2D eigenvalue weighted by Gasteiger charge is 2.17. The van der Waals surface area contributed by atoms with Crippen LogP contribution >= 0.6 is 0 Å². The summed E-state index contributed by atoms with van der Waals surface area (Å²) < 4.78 is 10.1. The lowest BCUT2D eigenvalue weighted by molar-refractivity contribution is 0.196. The van der Waals surface area contributed by atoms with Gasteiger partial charge in [-0.2, -0.15) is 0 Å². The molecular formula is C8H12N2O3. The van der Waals surface area contributed by atoms with Gasteiger partial charge < -0.3 is 19.7 Å². The molecule has 13 heavy (non-hydrogen) atoms. The number of hydrogen-bond donors (Lipinski definition) is 2. The summed E-state index contributed by atoms with van der Waals surface area (Å²) in [7, 11) is 0. The van der Waals surface area contributed by atoms with Crippen molar-refractivity contribution in [1.82, 2.24) is 10.5 Å². The van der Waals surface area contributed by atoms with Crippen molar-refractivity contribution >= 4 is 0 Å². The van der Waals surface area contributed by atoms with Gasteiger partial charge in [0.15, 0.2) is 5.76 Å². The Kier molecular flexibility index (Phi) is 2.47. The molecule has 2 heterocycles. The van der Waals surface area contributed by atoms with Gasteiger partial charge in [-0.1, -0.05) is 0 Å². The zero-order valence-corrected chi connectivity index (χ0v) is 7.19. The van der Waals surface area contributed by atoms with E-state index >= 15 is 0 Å². The summed E-state index contributed by atoms with van der Waals surface area (Å²) in [5.74, 6) is 0.870. The Morgan fingerprint density at radius 2 is 2.62 bits per heavy atom. The zero-order valence-electron chi connectivity index (χ0n) is 7.19. The van der Waals surface area contributed by atoms with Crippen LogP contribution in [0.4, 0.5) is 0 Å². The quantitative estimate of drug-likeness (QED) is 0.684. The monoisotopic (exact) mass is 184 g/mol. The maximum Gasteiger partial charge on any atom is 0.254 e. The second-order valence-corrected chi connectivity index (χ2v) is 3.04. The molecule has 0 aliphatic carbocycles. The van der Waals surface area contributed by atoms with E-state index in [1.54, 1.807) is 6.07 Å². The minimum Gasteiger partial charge on any atom is -0.474 e. The molecule has 0 unspecified atom stereocenters. The first-order valence-electron chi connectivity index (χ1n) is 4.31. The van der Waals surface area contributed by atoms with E-state index in [0.717, 1.165) is 13.0 Å². The lowest BCUT2D eigenvalue weighted by Gasteiger charge is -2.26. The molecule has 2 rings (SSSR count). The minimum atomic E-state index is -0.141. The fourth-order valence-corrected chi connectivity index (χ4v) is 1.11. The lowest BCUT2D eigenvalue weighted by Crippen LogP contribution is -2.46. The molecule has 1 fully saturated rings. The van der Waals surface area contributed by atoms with Crippen LogP contribution in [0, 0.1) is 0 Å². The van der Waals surface area contributed by atoms with Gasteiger partial charge in [0, 0.05) is 12.1 Å². The third kappa shape index (κ3) is 1.99. The molecule has 0 bridgehead atoms. The van der Waals surface area contributed by atoms with Crippen LogP contribution in [0.1, 0.15) is 12.2 Å². The summed E-state index contributed by atoms with van der Waals surface area (Å²) in [5, 5.41) is 15.5. The molecule has 2 N–H and O–H groups in total. The van der Waals surface area contributed by atoms with E-state index in [1.807, 2.05) is 0 Å². The average Bonchev–Trinajstić information content (AvgIpc) is 2.49. The molecule has 0 aromatic carbocycles. The van der Waals surface area contributed by atoms with Crippen molar-refractivity contribution < 1.29 is 14.4 Å². The third-order valence-electron chi connectivity index (χ3n) is 2.05. The van der Waals surface area contributed by atoms with Gasteiger partial charge in [-0.3, -0.25) is 0 Å². The van der Waals surface area contributed by atoms with Crippen LogP contribution in [0.5, 0.6) is 5.88 Å². The predicted molar refractivity (Wildman–Crippen MR) is 44.3 cm³/mol. The molecule has 0 amide bonds. The molecule has 1 aromatic rings. The number of aliphatic hydroxyl groups excluding tert-OH is 1. The van der Waals surface area contributed by atoms with E-state index in [2.05, 4.69) is 10.5 Å². The molecule has 72 valence electrons. The molecule has 1 aromatic heterocycles. The first-order valence-corrected chi connectivity index (χ1v) is 4.31. The van der Waals surface area contributed by atoms with Crippen LogP contribution < -0.4 is 10.1 Å². The molecule has 1 atom stereocenters. The number of rotatable bonds is 4. The van der Waals surface area contributed by atoms with Crippen LogP contribution in [0.25, 0.3) is 0 Å². The average molecular weight is 184 g/mol. The molecule has 0 saturated carbocycles. The molecule has 1 saturated heterocycles. The van der Waals surface area contributed by atoms with Gasteiger partial charge >= 0.3 is 0 Å². The van der Waals surface area contributed by atoms with E-state index < -0.39 is 0 Å². The summed E-state index contributed by atoms with van der Waals surface area (Å²) in [4.78, 5) is 0. The largest absolute Gasteiger partial charge is 0.474 e. The van der Waals surface area contributed by atoms with E-state index in [-0.39, 0.29) is 6.61 Å². The van der Waals surface area contributed by atoms with Gasteiger partial charge in [-0.05, 0) is 18.1 Å². The topological polar surface area (TPSA) is 67.5 Å². The highest BCUT2D eigenvalue weighted by atomic mass is 16.5. The second-order valence-electron chi connectivity index (χ2n) is 3.04. The lowest BCUT2D eigenvalue weighted by atomic mass is 10.1. The number of nitrogens with one attached hydrogen (secondary N) is 1. The Bertz CT molecular complexity index is 270. The number of aromatic nitrogens is 1. The molecule has 5 nitrogen and oxygen atoms in total. The van der Waals surface area contributed by atoms with Crippen molar-refractivity contribution in [1.29, 1.82) is 0 Å². The summed E-state index contributed by atoms with van der Waals surface area (Å²) in [6.45, 7) is 1.53. The number of ether oxygens (including phenoxy) is 1. The van der Waals surface area contributed by atoms with Gasteiger partial charge in [0.05, 0.1) is 0 Å². The maximum absolute atomic E-state index is 8.68. The summed E-state index contributed by atoms with van der Waals surface area (Å²) in [5.41, 5.74) is 0. The highest BCUT2D eigenvalue weighted by Crippen LogP contribution is 2.12. The minimum absolute atomic E-state index is 0.141. The van der Waals surface area contributed by atoms with Crippen molar-refractivity contribution in [2.45, 2.75) is 19.1 Å². The smallest absolute Gasteiger partial charge is 0.254 e. The second kappa shape index (κ2) is 3.76. The standard InChI is InChI=1S/C8H12N2O3/c11-4-7-3-8(10-13-7)12-5-6-1-2-9-6/h3,6,9,11H,1-2,4-5H2/t6-/m0/s1. The van der Waals surface area contributed by atoms with E-state index in [0.29, 0.717) is 24.3 Å². The van der Waals surface area contributed by atoms with Crippen LogP contribution in [-0.2, 0) is 6.61 Å². The van der Waals surface area contributed by atoms with Crippen molar-refractivity contribution in [2.75, 3.05) is 13.2 Å². The summed E-state index contributed by atoms with van der Waals surface area (Å²) >= 11 is 0. The van der Waals surface area contributed by atoms with Crippen molar-refractivity contribution in [3.63, 3.8) is 0 Å². The molecular weight excluding hydrogens is 172 g/mol. The van der Waals surface area contributed by atoms with Gasteiger partial charge in [0.2, 0.25) is 0 Å². The van der Waals surface area contributed by atoms with E-state index in [4.69, 9.17) is 14.4 Å². The van der Waals surface area contributed by atoms with Gasteiger partial charge in [-0.25, -0.2) is 0 Å². The van der Waals surface area contributed by atoms with Crippen LogP contribution in [0.2, 0.25) is 0 Å². The number of nitrogens with zero attached hydrogens (tertiary/aromatic N) is 1. The Morgan fingerprint density at radius 1 is 1.77 bits per heavy atom. The molecule has 0 spiro atoms. The molecule has 1 aliphatic heterocycles. The van der Waals surface area contributed by atoms with E-state index in [1.165, 1.54) is 0 Å². The zero-order chi connectivity index (χ0) is 9.10. The van der Waals surface area contributed by atoms with Gasteiger partial charge in [0.1, 0.15) is 13.2 Å². The molecule has 5 heteroatoms. The van der Waals surface area contributed by atoms with Gasteiger partial charge in [-0.15, -0.1) is 0 Å². The van der Waals surface area contributed by atoms with Crippen LogP contribution in [-0.4, -0.2) is 29.5 Å². The number of hydrogen-bond acceptors (Lipinski definition) is 5. The predicted octanol–water partition coefficient (Wildman–Crippen LogP) is -0.0924. The first-order chi connectivity index (χ1) is 6.38. The fourth-order valence-electron chi connectivity index (χ4n) is 1.11. The van der Waals surface area contributed by atoms with Crippen molar-refractivity contribution in [3.05, 3.63) is 11.8 Å². The Morgan fingerprint density at radius 3 is 3.15 bits per heavy atom. The van der Waals surface area contributed by atoms with Crippen LogP contribution in [0.15, 0.2) is 10.6 Å². The SMILES string of the molecule is OCc1cc(OC[C@@H]2CCN2)no1. The van der Waals surface area contributed by atoms with E-state index in [9.17, 15) is 0 Å². The molecule has 1 aliphatic rings. The van der Waals surface area contributed by atoms with Crippen LogP contribution in [0.3, 0.4) is 0 Å². The first kappa shape index (κ1) is 8.52. The van der Waals surface area contributed by atoms with Gasteiger partial charge in [0.25, 0.3) is 5.88 Å². The highest BCUT2D eigenvalue weighted by molar-refractivity contribution is 5.10. The Balaban J connectivity index is 1.79. The summed E-state index contributed by atoms with van der Waals surface area (Å²) in [6, 6.07) is 2.04. The number of aliphatic hydroxyl groups is 1. The maximum atomic E-state index is 8.68. The van der Waals surface area contributed by atoms with Crippen molar-refractivity contribution in [2.24, 2.45) is 0 Å². The van der Waals surface area contributed by atoms with Crippen molar-refractivity contribution in [3.8, 4) is 5.88 Å². The third-order valence-corrected chi connectivity index (χ3v) is 2.05. The Hall–Kier alpha value is -1.07. The Labute approximate surface area is 75.7 Å². The normalized spacial score (nSPS) is 21.2. The molecule has 0 radical (unpaired) electrons.